The Morgan fingerprint density at radius 3 is 0.945 bits per heavy atom. The molecule has 0 saturated heterocycles. The van der Waals surface area contributed by atoms with E-state index in [-0.39, 0.29) is 38.2 Å². The number of allylic oxidation sites excluding steroid dienone is 12. The zero-order chi connectivity index (χ0) is 66.1. The van der Waals surface area contributed by atoms with Gasteiger partial charge in [0.25, 0.3) is 6.29 Å². The first kappa shape index (κ1) is 87.7. The van der Waals surface area contributed by atoms with E-state index >= 15 is 0 Å². The molecule has 2 unspecified atom stereocenters. The van der Waals surface area contributed by atoms with Crippen molar-refractivity contribution in [3.05, 3.63) is 72.9 Å². The van der Waals surface area contributed by atoms with Crippen molar-refractivity contribution in [2.45, 2.75) is 386 Å². The lowest BCUT2D eigenvalue weighted by molar-refractivity contribution is -0.870. The smallest absolute Gasteiger partial charge is 0.361 e. The number of ether oxygens (including phenoxy) is 4. The monoisotopic (exact) mass is 1280 g/mol. The Kier molecular flexibility index (Phi) is 69.9. The molecule has 0 spiro atoms. The highest BCUT2D eigenvalue weighted by Gasteiger charge is 2.25. The molecule has 0 aliphatic rings. The molecule has 1 N–H and O–H groups in total. The number of unbranched alkanes of at least 4 members (excludes halogenated alkanes) is 46. The van der Waals surface area contributed by atoms with Crippen LogP contribution in [0.1, 0.15) is 373 Å². The van der Waals surface area contributed by atoms with Crippen LogP contribution in [-0.2, 0) is 33.3 Å². The second-order valence-electron chi connectivity index (χ2n) is 27.6. The molecule has 0 aromatic heterocycles. The summed E-state index contributed by atoms with van der Waals surface area (Å²) in [5, 5.41) is 9.77. The Bertz CT molecular complexity index is 1730. The Balaban J connectivity index is 4.01. The van der Waals surface area contributed by atoms with Gasteiger partial charge >= 0.3 is 17.9 Å². The summed E-state index contributed by atoms with van der Waals surface area (Å²) in [5.41, 5.74) is 0. The zero-order valence-corrected chi connectivity index (χ0v) is 60.8. The van der Waals surface area contributed by atoms with Crippen molar-refractivity contribution >= 4 is 17.9 Å². The van der Waals surface area contributed by atoms with Crippen LogP contribution in [0.5, 0.6) is 0 Å². The van der Waals surface area contributed by atoms with Gasteiger partial charge in [-0.05, 0) is 83.5 Å². The lowest BCUT2D eigenvalue weighted by Gasteiger charge is -2.25. The minimum absolute atomic E-state index is 0.178. The van der Waals surface area contributed by atoms with Gasteiger partial charge in [-0.2, -0.15) is 0 Å². The summed E-state index contributed by atoms with van der Waals surface area (Å²) in [6, 6.07) is 0. The fourth-order valence-electron chi connectivity index (χ4n) is 11.5. The van der Waals surface area contributed by atoms with Crippen LogP contribution < -0.4 is 0 Å². The van der Waals surface area contributed by atoms with E-state index in [2.05, 4.69) is 86.8 Å². The van der Waals surface area contributed by atoms with E-state index in [0.29, 0.717) is 17.4 Å². The predicted octanol–water partition coefficient (Wildman–Crippen LogP) is 24.8. The van der Waals surface area contributed by atoms with Gasteiger partial charge < -0.3 is 28.5 Å². The van der Waals surface area contributed by atoms with Crippen LogP contribution in [0.25, 0.3) is 0 Å². The van der Waals surface area contributed by atoms with E-state index < -0.39 is 18.4 Å². The molecule has 9 nitrogen and oxygen atoms in total. The van der Waals surface area contributed by atoms with E-state index in [1.54, 1.807) is 0 Å². The molecule has 0 aliphatic carbocycles. The molecule has 91 heavy (non-hydrogen) atoms. The molecule has 0 saturated carbocycles. The number of hydrogen-bond donors (Lipinski definition) is 1. The van der Waals surface area contributed by atoms with Gasteiger partial charge in [0.2, 0.25) is 0 Å². The van der Waals surface area contributed by atoms with E-state index in [9.17, 15) is 19.5 Å². The first-order chi connectivity index (χ1) is 44.6. The summed E-state index contributed by atoms with van der Waals surface area (Å²) in [6.45, 7) is 4.82. The molecule has 0 amide bonds. The van der Waals surface area contributed by atoms with Crippen LogP contribution in [0.15, 0.2) is 72.9 Å². The SMILES string of the molecule is CC/C=C\C/C=C\C/C=C\C/C=C\C/C=C\CCCCCCCCCCCCCCCCCCCCCC(=O)OC(COC(=O)CCCCCCCCCCCCCCCCCCCCC/C=C\CCCCCCCCCC)COC(OCC[N+](C)(C)C)C(=O)O. The normalized spacial score (nSPS) is 13.0. The molecule has 0 aromatic rings. The maximum atomic E-state index is 13.0. The number of carbonyl (C=O) groups is 3. The number of quaternary nitrogens is 1. The van der Waals surface area contributed by atoms with Crippen molar-refractivity contribution in [1.82, 2.24) is 0 Å². The average Bonchev–Trinajstić information content (AvgIpc) is 3.46. The molecule has 0 aromatic carbocycles. The molecular formula is C82H150NO8+. The summed E-state index contributed by atoms with van der Waals surface area (Å²) in [6.07, 6.45) is 94.8. The minimum atomic E-state index is -1.51. The summed E-state index contributed by atoms with van der Waals surface area (Å²) >= 11 is 0. The van der Waals surface area contributed by atoms with Crippen molar-refractivity contribution in [3.8, 4) is 0 Å². The highest BCUT2D eigenvalue weighted by molar-refractivity contribution is 5.71. The van der Waals surface area contributed by atoms with Crippen LogP contribution in [0.3, 0.4) is 0 Å². The topological polar surface area (TPSA) is 108 Å². The van der Waals surface area contributed by atoms with E-state index in [1.807, 2.05) is 21.1 Å². The van der Waals surface area contributed by atoms with Crippen molar-refractivity contribution in [2.24, 2.45) is 0 Å². The number of carbonyl (C=O) groups excluding carboxylic acids is 2. The van der Waals surface area contributed by atoms with Gasteiger partial charge in [0.05, 0.1) is 34.4 Å². The van der Waals surface area contributed by atoms with Gasteiger partial charge in [-0.25, -0.2) is 4.79 Å². The van der Waals surface area contributed by atoms with Gasteiger partial charge in [0.1, 0.15) is 13.2 Å². The Morgan fingerprint density at radius 2 is 0.626 bits per heavy atom. The van der Waals surface area contributed by atoms with Crippen molar-refractivity contribution in [3.63, 3.8) is 0 Å². The maximum absolute atomic E-state index is 13.0. The number of carboxylic acid groups (broad SMARTS) is 1. The molecule has 0 heterocycles. The standard InChI is InChI=1S/C82H149NO8/c1-6-8-10-12-14-16-18-20-22-24-26-28-30-32-34-36-38-39-40-41-43-45-47-49-51-53-55-57-59-61-63-65-67-69-71-73-80(85)91-78(77-90-82(81(86)87)88-75-74-83(3,4)5)76-89-79(84)72-70-68-66-64-62-60-58-56-54-52-50-48-46-44-42-37-35-33-31-29-27-25-23-21-19-17-15-13-11-9-7-2/h8,10,14,16,20,22,25-28,32,34,78,82H,6-7,9,11-13,15,17-19,21,23-24,29-31,33,35-77H2,1-5H3/p+1/b10-8-,16-14-,22-20-,27-25-,28-26-,34-32-. The zero-order valence-electron chi connectivity index (χ0n) is 60.8. The Hall–Kier alpha value is -3.27. The number of carboxylic acids is 1. The molecule has 0 bridgehead atoms. The van der Waals surface area contributed by atoms with Crippen LogP contribution in [0.4, 0.5) is 0 Å². The number of aliphatic carboxylic acids is 1. The summed E-state index contributed by atoms with van der Waals surface area (Å²) in [7, 11) is 5.99. The predicted molar refractivity (Wildman–Crippen MR) is 392 cm³/mol. The molecule has 530 valence electrons. The lowest BCUT2D eigenvalue weighted by atomic mass is 10.0. The van der Waals surface area contributed by atoms with Crippen molar-refractivity contribution in [2.75, 3.05) is 47.5 Å². The molecular weight excluding hydrogens is 1130 g/mol. The third kappa shape index (κ3) is 74.0. The average molecular weight is 1280 g/mol. The van der Waals surface area contributed by atoms with E-state index in [4.69, 9.17) is 18.9 Å². The summed E-state index contributed by atoms with van der Waals surface area (Å²) in [5.74, 6) is -1.98. The van der Waals surface area contributed by atoms with Crippen LogP contribution in [0.2, 0.25) is 0 Å². The number of nitrogens with zero attached hydrogens (tertiary/aromatic N) is 1. The summed E-state index contributed by atoms with van der Waals surface area (Å²) < 4.78 is 23.1. The lowest BCUT2D eigenvalue weighted by Crippen LogP contribution is -2.40. The summed E-state index contributed by atoms with van der Waals surface area (Å²) in [4.78, 5) is 37.7. The van der Waals surface area contributed by atoms with Crippen LogP contribution in [0, 0.1) is 0 Å². The third-order valence-electron chi connectivity index (χ3n) is 17.4. The fraction of sp³-hybridized carbons (Fsp3) is 0.817. The molecule has 0 aliphatic heterocycles. The number of hydrogen-bond acceptors (Lipinski definition) is 7. The van der Waals surface area contributed by atoms with Gasteiger partial charge in [0.15, 0.2) is 6.10 Å². The highest BCUT2D eigenvalue weighted by Crippen LogP contribution is 2.19. The van der Waals surface area contributed by atoms with Crippen LogP contribution in [-0.4, -0.2) is 87.4 Å². The first-order valence-corrected chi connectivity index (χ1v) is 39.1. The highest BCUT2D eigenvalue weighted by atomic mass is 16.7. The minimum Gasteiger partial charge on any atom is -0.477 e. The molecule has 9 heteroatoms. The molecule has 0 radical (unpaired) electrons. The van der Waals surface area contributed by atoms with Gasteiger partial charge in [-0.3, -0.25) is 9.59 Å². The second-order valence-corrected chi connectivity index (χ2v) is 27.6. The molecule has 0 fully saturated rings. The van der Waals surface area contributed by atoms with E-state index in [0.717, 1.165) is 70.6 Å². The van der Waals surface area contributed by atoms with Gasteiger partial charge in [-0.1, -0.05) is 350 Å². The van der Waals surface area contributed by atoms with Crippen molar-refractivity contribution in [1.29, 1.82) is 0 Å². The quantitative estimate of drug-likeness (QED) is 0.0211. The van der Waals surface area contributed by atoms with Crippen molar-refractivity contribution < 1.29 is 42.9 Å². The first-order valence-electron chi connectivity index (χ1n) is 39.1. The van der Waals surface area contributed by atoms with E-state index in [1.165, 1.54) is 276 Å². The largest absolute Gasteiger partial charge is 0.477 e. The maximum Gasteiger partial charge on any atom is 0.361 e. The van der Waals surface area contributed by atoms with Crippen LogP contribution >= 0.6 is 0 Å². The molecule has 0 rings (SSSR count). The fourth-order valence-corrected chi connectivity index (χ4v) is 11.5. The molecule has 2 atom stereocenters. The third-order valence-corrected chi connectivity index (χ3v) is 17.4. The Labute approximate surface area is 564 Å². The second kappa shape index (κ2) is 72.6. The number of rotatable bonds is 73. The number of esters is 2. The Morgan fingerprint density at radius 1 is 0.341 bits per heavy atom. The number of likely N-dealkylation sites (N-methyl/N-ethyl adjacent to an activating group) is 1. The van der Waals surface area contributed by atoms with Gasteiger partial charge in [0, 0.05) is 12.8 Å². The van der Waals surface area contributed by atoms with Gasteiger partial charge in [-0.15, -0.1) is 0 Å².